The predicted octanol–water partition coefficient (Wildman–Crippen LogP) is 3.80. The highest BCUT2D eigenvalue weighted by Gasteiger charge is 2.17. The highest BCUT2D eigenvalue weighted by Crippen LogP contribution is 2.26. The lowest BCUT2D eigenvalue weighted by molar-refractivity contribution is 0.575. The lowest BCUT2D eigenvalue weighted by atomic mass is 9.98. The third-order valence-electron chi connectivity index (χ3n) is 3.00. The summed E-state index contributed by atoms with van der Waals surface area (Å²) in [5.41, 5.74) is 3.42. The van der Waals surface area contributed by atoms with Crippen LogP contribution in [0.15, 0.2) is 30.3 Å². The average molecular weight is 279 g/mol. The maximum absolute atomic E-state index is 14.0. The van der Waals surface area contributed by atoms with Crippen molar-refractivity contribution in [3.8, 4) is 0 Å². The minimum absolute atomic E-state index is 0.210. The van der Waals surface area contributed by atoms with Gasteiger partial charge in [0.2, 0.25) is 0 Å². The molecule has 19 heavy (non-hydrogen) atoms. The van der Waals surface area contributed by atoms with E-state index in [0.29, 0.717) is 10.6 Å². The molecule has 0 saturated carbocycles. The van der Waals surface area contributed by atoms with Gasteiger partial charge in [-0.2, -0.15) is 0 Å². The van der Waals surface area contributed by atoms with Gasteiger partial charge in [0.1, 0.15) is 5.82 Å². The van der Waals surface area contributed by atoms with Crippen molar-refractivity contribution in [1.29, 1.82) is 0 Å². The van der Waals surface area contributed by atoms with Crippen molar-refractivity contribution in [3.05, 3.63) is 63.7 Å². The molecule has 1 heterocycles. The monoisotopic (exact) mass is 278 g/mol. The van der Waals surface area contributed by atoms with Gasteiger partial charge in [0.05, 0.1) is 6.04 Å². The van der Waals surface area contributed by atoms with E-state index in [-0.39, 0.29) is 11.9 Å². The summed E-state index contributed by atoms with van der Waals surface area (Å²) in [6.07, 6.45) is 0. The predicted molar refractivity (Wildman–Crippen MR) is 76.0 cm³/mol. The smallest absolute Gasteiger partial charge is 0.129 e. The SMILES string of the molecule is CNC(c1cc(C)nc(C)c1)c1ccc(Cl)cc1F. The maximum atomic E-state index is 14.0. The van der Waals surface area contributed by atoms with Crippen molar-refractivity contribution in [2.45, 2.75) is 19.9 Å². The topological polar surface area (TPSA) is 24.9 Å². The first-order valence-electron chi connectivity index (χ1n) is 6.08. The van der Waals surface area contributed by atoms with Crippen molar-refractivity contribution in [2.75, 3.05) is 7.05 Å². The molecule has 0 saturated heterocycles. The lowest BCUT2D eigenvalue weighted by Crippen LogP contribution is -2.19. The molecule has 0 radical (unpaired) electrons. The number of rotatable bonds is 3. The van der Waals surface area contributed by atoms with Gasteiger partial charge in [0.15, 0.2) is 0 Å². The second-order valence-corrected chi connectivity index (χ2v) is 5.01. The maximum Gasteiger partial charge on any atom is 0.129 e. The molecule has 0 aliphatic rings. The Morgan fingerprint density at radius 2 is 1.79 bits per heavy atom. The molecule has 0 fully saturated rings. The molecule has 1 unspecified atom stereocenters. The second-order valence-electron chi connectivity index (χ2n) is 4.57. The van der Waals surface area contributed by atoms with Crippen LogP contribution in [0.5, 0.6) is 0 Å². The van der Waals surface area contributed by atoms with Crippen molar-refractivity contribution in [3.63, 3.8) is 0 Å². The quantitative estimate of drug-likeness (QED) is 0.924. The largest absolute Gasteiger partial charge is 0.309 e. The number of nitrogens with zero attached hydrogens (tertiary/aromatic N) is 1. The summed E-state index contributed by atoms with van der Waals surface area (Å²) in [7, 11) is 1.81. The Morgan fingerprint density at radius 1 is 1.16 bits per heavy atom. The van der Waals surface area contributed by atoms with E-state index in [1.54, 1.807) is 12.1 Å². The number of pyridine rings is 1. The van der Waals surface area contributed by atoms with E-state index in [2.05, 4.69) is 10.3 Å². The van der Waals surface area contributed by atoms with Crippen molar-refractivity contribution < 1.29 is 4.39 Å². The summed E-state index contributed by atoms with van der Waals surface area (Å²) in [5, 5.41) is 3.54. The molecule has 2 rings (SSSR count). The van der Waals surface area contributed by atoms with Crippen molar-refractivity contribution in [1.82, 2.24) is 10.3 Å². The fourth-order valence-electron chi connectivity index (χ4n) is 2.27. The van der Waals surface area contributed by atoms with Crippen LogP contribution in [0, 0.1) is 19.7 Å². The Kier molecular flexibility index (Phi) is 4.17. The van der Waals surface area contributed by atoms with E-state index < -0.39 is 0 Å². The molecule has 0 spiro atoms. The second kappa shape index (κ2) is 5.68. The number of halogens is 2. The number of hydrogen-bond donors (Lipinski definition) is 1. The van der Waals surface area contributed by atoms with Gasteiger partial charge in [0.25, 0.3) is 0 Å². The van der Waals surface area contributed by atoms with Gasteiger partial charge in [-0.25, -0.2) is 4.39 Å². The van der Waals surface area contributed by atoms with E-state index in [0.717, 1.165) is 17.0 Å². The van der Waals surface area contributed by atoms with E-state index in [1.807, 2.05) is 33.0 Å². The summed E-state index contributed by atoms with van der Waals surface area (Å²) in [6, 6.07) is 8.46. The van der Waals surface area contributed by atoms with Gasteiger partial charge in [-0.15, -0.1) is 0 Å². The zero-order valence-corrected chi connectivity index (χ0v) is 11.9. The minimum atomic E-state index is -0.307. The van der Waals surface area contributed by atoms with Gasteiger partial charge in [-0.1, -0.05) is 17.7 Å². The molecule has 1 aromatic carbocycles. The van der Waals surface area contributed by atoms with Crippen LogP contribution < -0.4 is 5.32 Å². The Bertz CT molecular complexity index is 578. The number of benzene rings is 1. The van der Waals surface area contributed by atoms with Crippen LogP contribution in [0.25, 0.3) is 0 Å². The third kappa shape index (κ3) is 3.11. The molecule has 1 atom stereocenters. The lowest BCUT2D eigenvalue weighted by Gasteiger charge is -2.19. The minimum Gasteiger partial charge on any atom is -0.309 e. The number of hydrogen-bond acceptors (Lipinski definition) is 2. The van der Waals surface area contributed by atoms with Crippen LogP contribution in [0.2, 0.25) is 5.02 Å². The number of aryl methyl sites for hydroxylation is 2. The normalized spacial score (nSPS) is 12.5. The molecule has 0 bridgehead atoms. The summed E-state index contributed by atoms with van der Waals surface area (Å²) in [4.78, 5) is 4.34. The van der Waals surface area contributed by atoms with Crippen LogP contribution in [0.4, 0.5) is 4.39 Å². The van der Waals surface area contributed by atoms with Crippen molar-refractivity contribution in [2.24, 2.45) is 0 Å². The Labute approximate surface area is 117 Å². The number of nitrogens with one attached hydrogen (secondary N) is 1. The average Bonchev–Trinajstić information content (AvgIpc) is 2.31. The Balaban J connectivity index is 2.49. The summed E-state index contributed by atoms with van der Waals surface area (Å²) < 4.78 is 14.0. The molecule has 100 valence electrons. The molecular weight excluding hydrogens is 263 g/mol. The molecule has 1 N–H and O–H groups in total. The molecule has 1 aromatic heterocycles. The Morgan fingerprint density at radius 3 is 2.32 bits per heavy atom. The molecular formula is C15H16ClFN2. The zero-order chi connectivity index (χ0) is 14.0. The fraction of sp³-hybridized carbons (Fsp3) is 0.267. The van der Waals surface area contributed by atoms with Crippen LogP contribution in [-0.2, 0) is 0 Å². The van der Waals surface area contributed by atoms with Gasteiger partial charge >= 0.3 is 0 Å². The van der Waals surface area contributed by atoms with Crippen molar-refractivity contribution >= 4 is 11.6 Å². The third-order valence-corrected chi connectivity index (χ3v) is 3.23. The fourth-order valence-corrected chi connectivity index (χ4v) is 2.43. The highest BCUT2D eigenvalue weighted by atomic mass is 35.5. The molecule has 0 aliphatic heterocycles. The van der Waals surface area contributed by atoms with Gasteiger partial charge in [-0.05, 0) is 50.7 Å². The van der Waals surface area contributed by atoms with Gasteiger partial charge in [0, 0.05) is 22.0 Å². The van der Waals surface area contributed by atoms with E-state index in [1.165, 1.54) is 6.07 Å². The molecule has 2 nitrogen and oxygen atoms in total. The molecule has 4 heteroatoms. The first-order valence-corrected chi connectivity index (χ1v) is 6.46. The zero-order valence-electron chi connectivity index (χ0n) is 11.2. The molecule has 2 aromatic rings. The summed E-state index contributed by atoms with van der Waals surface area (Å²) in [5.74, 6) is -0.307. The van der Waals surface area contributed by atoms with Crippen LogP contribution in [0.3, 0.4) is 0 Å². The van der Waals surface area contributed by atoms with Gasteiger partial charge in [-0.3, -0.25) is 4.98 Å². The Hall–Kier alpha value is -1.45. The van der Waals surface area contributed by atoms with Crippen LogP contribution in [-0.4, -0.2) is 12.0 Å². The van der Waals surface area contributed by atoms with E-state index in [9.17, 15) is 4.39 Å². The van der Waals surface area contributed by atoms with Gasteiger partial charge < -0.3 is 5.32 Å². The number of aromatic nitrogens is 1. The molecule has 0 aliphatic carbocycles. The van der Waals surface area contributed by atoms with E-state index in [4.69, 9.17) is 11.6 Å². The first kappa shape index (κ1) is 14.0. The van der Waals surface area contributed by atoms with Crippen LogP contribution in [0.1, 0.15) is 28.6 Å². The highest BCUT2D eigenvalue weighted by molar-refractivity contribution is 6.30. The summed E-state index contributed by atoms with van der Waals surface area (Å²) in [6.45, 7) is 3.86. The molecule has 0 amide bonds. The summed E-state index contributed by atoms with van der Waals surface area (Å²) >= 11 is 5.79. The van der Waals surface area contributed by atoms with E-state index >= 15 is 0 Å². The standard InChI is InChI=1S/C15H16ClFN2/c1-9-6-11(7-10(2)19-9)15(18-3)13-5-4-12(16)8-14(13)17/h4-8,15,18H,1-3H3. The van der Waals surface area contributed by atoms with Crippen LogP contribution >= 0.6 is 11.6 Å². The first-order chi connectivity index (χ1) is 9.01.